The van der Waals surface area contributed by atoms with Gasteiger partial charge in [0.05, 0.1) is 21.3 Å². The van der Waals surface area contributed by atoms with E-state index in [-0.39, 0.29) is 5.97 Å². The summed E-state index contributed by atoms with van der Waals surface area (Å²) in [6, 6.07) is 11.2. The van der Waals surface area contributed by atoms with E-state index in [4.69, 9.17) is 23.7 Å². The smallest absolute Gasteiger partial charge is 0.303 e. The van der Waals surface area contributed by atoms with E-state index in [9.17, 15) is 4.79 Å². The molecule has 0 saturated carbocycles. The molecule has 0 unspecified atom stereocenters. The lowest BCUT2D eigenvalue weighted by molar-refractivity contribution is -0.152. The third-order valence-corrected chi connectivity index (χ3v) is 4.34. The number of hydrogen-bond acceptors (Lipinski definition) is 6. The second-order valence-electron chi connectivity index (χ2n) is 5.98. The highest BCUT2D eigenvalue weighted by atomic mass is 16.6. The maximum absolute atomic E-state index is 11.6. The van der Waals surface area contributed by atoms with Crippen LogP contribution in [0.5, 0.6) is 23.0 Å². The monoisotopic (exact) mass is 358 g/mol. The van der Waals surface area contributed by atoms with Gasteiger partial charge in [-0.2, -0.15) is 0 Å². The fourth-order valence-electron chi connectivity index (χ4n) is 3.11. The van der Waals surface area contributed by atoms with Gasteiger partial charge in [-0.25, -0.2) is 0 Å². The van der Waals surface area contributed by atoms with Crippen molar-refractivity contribution in [3.05, 3.63) is 47.5 Å². The molecule has 6 nitrogen and oxygen atoms in total. The molecule has 138 valence electrons. The molecule has 1 aliphatic heterocycles. The number of hydrogen-bond donors (Lipinski definition) is 0. The minimum atomic E-state index is -0.460. The van der Waals surface area contributed by atoms with Gasteiger partial charge < -0.3 is 23.7 Å². The summed E-state index contributed by atoms with van der Waals surface area (Å²) in [7, 11) is 4.77. The van der Waals surface area contributed by atoms with Crippen LogP contribution in [0.3, 0.4) is 0 Å². The van der Waals surface area contributed by atoms with Crippen LogP contribution in [0.25, 0.3) is 0 Å². The third-order valence-electron chi connectivity index (χ3n) is 4.34. The Morgan fingerprint density at radius 1 is 1.00 bits per heavy atom. The Bertz CT molecular complexity index is 801. The van der Waals surface area contributed by atoms with Gasteiger partial charge in [0.2, 0.25) is 0 Å². The largest absolute Gasteiger partial charge is 0.497 e. The summed E-state index contributed by atoms with van der Waals surface area (Å²) < 4.78 is 27.7. The maximum atomic E-state index is 11.6. The fraction of sp³-hybridized carbons (Fsp3) is 0.350. The molecule has 2 atom stereocenters. The summed E-state index contributed by atoms with van der Waals surface area (Å²) in [6.45, 7) is 1.40. The summed E-state index contributed by atoms with van der Waals surface area (Å²) in [4.78, 5) is 11.6. The Morgan fingerprint density at radius 2 is 1.77 bits per heavy atom. The molecule has 0 bridgehead atoms. The standard InChI is InChI=1S/C20H22O6/c1-12(21)25-19-9-13-5-7-15(22-2)11-17(13)26-20(19)14-6-8-16(23-3)18(10-14)24-4/h5-8,10-11,19-20H,9H2,1-4H3/t19-,20+/m0/s1. The van der Waals surface area contributed by atoms with E-state index in [0.717, 1.165) is 11.1 Å². The Balaban J connectivity index is 2.00. The molecule has 0 aliphatic carbocycles. The van der Waals surface area contributed by atoms with Gasteiger partial charge >= 0.3 is 5.97 Å². The van der Waals surface area contributed by atoms with E-state index in [1.54, 1.807) is 21.3 Å². The Labute approximate surface area is 152 Å². The first-order valence-corrected chi connectivity index (χ1v) is 8.28. The lowest BCUT2D eigenvalue weighted by atomic mass is 9.94. The van der Waals surface area contributed by atoms with Gasteiger partial charge in [-0.1, -0.05) is 12.1 Å². The number of ether oxygens (including phenoxy) is 5. The topological polar surface area (TPSA) is 63.2 Å². The number of esters is 1. The SMILES string of the molecule is COc1ccc2c(c1)O[C@H](c1ccc(OC)c(OC)c1)[C@@H](OC(C)=O)C2. The predicted molar refractivity (Wildman–Crippen MR) is 95.2 cm³/mol. The molecule has 0 N–H and O–H groups in total. The van der Waals surface area contributed by atoms with Crippen molar-refractivity contribution in [3.8, 4) is 23.0 Å². The lowest BCUT2D eigenvalue weighted by Crippen LogP contribution is -2.34. The summed E-state index contributed by atoms with van der Waals surface area (Å²) in [5, 5.41) is 0. The molecule has 3 rings (SSSR count). The van der Waals surface area contributed by atoms with Crippen LogP contribution >= 0.6 is 0 Å². The van der Waals surface area contributed by atoms with Gasteiger partial charge in [-0.05, 0) is 23.8 Å². The molecule has 0 aromatic heterocycles. The Hall–Kier alpha value is -2.89. The summed E-state index contributed by atoms with van der Waals surface area (Å²) in [5.74, 6) is 2.29. The molecule has 26 heavy (non-hydrogen) atoms. The molecule has 1 heterocycles. The number of methoxy groups -OCH3 is 3. The van der Waals surface area contributed by atoms with Gasteiger partial charge in [0, 0.05) is 25.0 Å². The van der Waals surface area contributed by atoms with E-state index >= 15 is 0 Å². The average Bonchev–Trinajstić information content (AvgIpc) is 2.66. The van der Waals surface area contributed by atoms with Gasteiger partial charge in [0.25, 0.3) is 0 Å². The zero-order valence-electron chi connectivity index (χ0n) is 15.3. The molecule has 2 aromatic rings. The van der Waals surface area contributed by atoms with Crippen molar-refractivity contribution in [1.29, 1.82) is 0 Å². The van der Waals surface area contributed by atoms with E-state index in [2.05, 4.69) is 0 Å². The highest BCUT2D eigenvalue weighted by molar-refractivity contribution is 5.66. The van der Waals surface area contributed by atoms with Crippen molar-refractivity contribution < 1.29 is 28.5 Å². The van der Waals surface area contributed by atoms with Gasteiger partial charge in [-0.3, -0.25) is 4.79 Å². The molecular formula is C20H22O6. The number of benzene rings is 2. The minimum absolute atomic E-state index is 0.346. The van der Waals surface area contributed by atoms with Gasteiger partial charge in [0.1, 0.15) is 17.6 Å². The van der Waals surface area contributed by atoms with Crippen molar-refractivity contribution >= 4 is 5.97 Å². The molecule has 1 aliphatic rings. The Kier molecular flexibility index (Phi) is 5.21. The van der Waals surface area contributed by atoms with Crippen molar-refractivity contribution in [2.24, 2.45) is 0 Å². The summed E-state index contributed by atoms with van der Waals surface area (Å²) >= 11 is 0. The molecule has 2 aromatic carbocycles. The third kappa shape index (κ3) is 3.54. The molecule has 0 spiro atoms. The van der Waals surface area contributed by atoms with E-state index in [1.165, 1.54) is 6.92 Å². The number of fused-ring (bicyclic) bond motifs is 1. The predicted octanol–water partition coefficient (Wildman–Crippen LogP) is 3.32. The maximum Gasteiger partial charge on any atom is 0.303 e. The van der Waals surface area contributed by atoms with Crippen molar-refractivity contribution in [3.63, 3.8) is 0 Å². The number of rotatable bonds is 5. The van der Waals surface area contributed by atoms with Crippen LogP contribution in [0, 0.1) is 0 Å². The van der Waals surface area contributed by atoms with Crippen molar-refractivity contribution in [2.75, 3.05) is 21.3 Å². The number of carbonyl (C=O) groups excluding carboxylic acids is 1. The molecule has 0 radical (unpaired) electrons. The first-order chi connectivity index (χ1) is 12.5. The molecule has 6 heteroatoms. The quantitative estimate of drug-likeness (QED) is 0.764. The second kappa shape index (κ2) is 7.56. The van der Waals surface area contributed by atoms with E-state index in [0.29, 0.717) is 29.4 Å². The average molecular weight is 358 g/mol. The van der Waals surface area contributed by atoms with Crippen LogP contribution in [0.15, 0.2) is 36.4 Å². The van der Waals surface area contributed by atoms with Crippen LogP contribution in [0.4, 0.5) is 0 Å². The Morgan fingerprint density at radius 3 is 2.42 bits per heavy atom. The second-order valence-corrected chi connectivity index (χ2v) is 5.98. The first-order valence-electron chi connectivity index (χ1n) is 8.28. The zero-order valence-corrected chi connectivity index (χ0v) is 15.3. The zero-order chi connectivity index (χ0) is 18.7. The van der Waals surface area contributed by atoms with Crippen LogP contribution in [0.1, 0.15) is 24.2 Å². The van der Waals surface area contributed by atoms with Gasteiger partial charge in [-0.15, -0.1) is 0 Å². The normalized spacial score (nSPS) is 18.3. The highest BCUT2D eigenvalue weighted by Crippen LogP contribution is 2.40. The molecular weight excluding hydrogens is 336 g/mol. The van der Waals surface area contributed by atoms with Crippen LogP contribution in [-0.4, -0.2) is 33.4 Å². The minimum Gasteiger partial charge on any atom is -0.497 e. The molecule has 0 fully saturated rings. The first kappa shape index (κ1) is 17.9. The van der Waals surface area contributed by atoms with Crippen LogP contribution in [0.2, 0.25) is 0 Å². The van der Waals surface area contributed by atoms with E-state index in [1.807, 2.05) is 36.4 Å². The van der Waals surface area contributed by atoms with E-state index < -0.39 is 12.2 Å². The fourth-order valence-corrected chi connectivity index (χ4v) is 3.11. The summed E-state index contributed by atoms with van der Waals surface area (Å²) in [5.41, 5.74) is 1.80. The van der Waals surface area contributed by atoms with Crippen LogP contribution < -0.4 is 18.9 Å². The molecule has 0 saturated heterocycles. The van der Waals surface area contributed by atoms with Crippen molar-refractivity contribution in [2.45, 2.75) is 25.6 Å². The lowest BCUT2D eigenvalue weighted by Gasteiger charge is -2.33. The number of carbonyl (C=O) groups is 1. The molecule has 0 amide bonds. The van der Waals surface area contributed by atoms with Crippen molar-refractivity contribution in [1.82, 2.24) is 0 Å². The van der Waals surface area contributed by atoms with Crippen LogP contribution in [-0.2, 0) is 16.0 Å². The summed E-state index contributed by atoms with van der Waals surface area (Å²) in [6.07, 6.45) is -0.345. The van der Waals surface area contributed by atoms with Gasteiger partial charge in [0.15, 0.2) is 17.6 Å². The highest BCUT2D eigenvalue weighted by Gasteiger charge is 2.34.